The molecule has 1 aromatic carbocycles. The van der Waals surface area contributed by atoms with Crippen LogP contribution >= 0.6 is 0 Å². The first-order valence-corrected chi connectivity index (χ1v) is 6.01. The van der Waals surface area contributed by atoms with Crippen molar-refractivity contribution in [2.75, 3.05) is 12.8 Å². The molecule has 1 fully saturated rings. The van der Waals surface area contributed by atoms with Gasteiger partial charge in [0, 0.05) is 25.3 Å². The Morgan fingerprint density at radius 1 is 1.41 bits per heavy atom. The summed E-state index contributed by atoms with van der Waals surface area (Å²) in [5.74, 6) is 0. The Kier molecular flexibility index (Phi) is 3.52. The Hall–Kier alpha value is -1.71. The number of carbonyl (C=O) groups is 1. The van der Waals surface area contributed by atoms with Crippen molar-refractivity contribution in [1.82, 2.24) is 10.2 Å². The van der Waals surface area contributed by atoms with Crippen molar-refractivity contribution in [2.24, 2.45) is 0 Å². The quantitative estimate of drug-likeness (QED) is 0.784. The minimum absolute atomic E-state index is 0.00604. The molecule has 1 aliphatic rings. The Morgan fingerprint density at radius 3 is 2.59 bits per heavy atom. The van der Waals surface area contributed by atoms with E-state index in [-0.39, 0.29) is 6.03 Å². The van der Waals surface area contributed by atoms with E-state index in [4.69, 9.17) is 5.73 Å². The van der Waals surface area contributed by atoms with Gasteiger partial charge in [-0.2, -0.15) is 0 Å². The second kappa shape index (κ2) is 5.08. The number of amides is 2. The summed E-state index contributed by atoms with van der Waals surface area (Å²) in [6, 6.07) is 7.99. The molecule has 0 radical (unpaired) electrons. The number of carbonyl (C=O) groups excluding carboxylic acids is 1. The molecule has 0 saturated heterocycles. The number of nitrogens with zero attached hydrogens (tertiary/aromatic N) is 1. The summed E-state index contributed by atoms with van der Waals surface area (Å²) >= 11 is 0. The van der Waals surface area contributed by atoms with Crippen LogP contribution in [-0.4, -0.2) is 24.0 Å². The van der Waals surface area contributed by atoms with E-state index < -0.39 is 0 Å². The van der Waals surface area contributed by atoms with Gasteiger partial charge in [0.25, 0.3) is 0 Å². The van der Waals surface area contributed by atoms with Crippen LogP contribution in [0, 0.1) is 0 Å². The van der Waals surface area contributed by atoms with E-state index >= 15 is 0 Å². The van der Waals surface area contributed by atoms with Crippen LogP contribution < -0.4 is 11.1 Å². The summed E-state index contributed by atoms with van der Waals surface area (Å²) in [5, 5.41) is 3.01. The Balaban J connectivity index is 1.84. The SMILES string of the molecule is CN(Cc1ccc(N)cc1)C(=O)NC1CCC1. The Morgan fingerprint density at radius 2 is 2.06 bits per heavy atom. The highest BCUT2D eigenvalue weighted by atomic mass is 16.2. The number of hydrogen-bond acceptors (Lipinski definition) is 2. The van der Waals surface area contributed by atoms with Gasteiger partial charge in [-0.15, -0.1) is 0 Å². The number of nitrogen functional groups attached to an aromatic ring is 1. The van der Waals surface area contributed by atoms with E-state index in [0.717, 1.165) is 24.1 Å². The summed E-state index contributed by atoms with van der Waals surface area (Å²) in [6.07, 6.45) is 3.45. The second-order valence-corrected chi connectivity index (χ2v) is 4.67. The van der Waals surface area contributed by atoms with Crippen LogP contribution in [0.4, 0.5) is 10.5 Å². The summed E-state index contributed by atoms with van der Waals surface area (Å²) in [4.78, 5) is 13.5. The van der Waals surface area contributed by atoms with E-state index in [9.17, 15) is 4.79 Å². The first-order chi connectivity index (χ1) is 8.15. The van der Waals surface area contributed by atoms with Crippen LogP contribution in [0.2, 0.25) is 0 Å². The highest BCUT2D eigenvalue weighted by molar-refractivity contribution is 5.74. The number of nitrogens with one attached hydrogen (secondary N) is 1. The molecule has 1 saturated carbocycles. The molecule has 0 unspecified atom stereocenters. The molecule has 2 rings (SSSR count). The molecule has 0 bridgehead atoms. The molecule has 0 heterocycles. The lowest BCUT2D eigenvalue weighted by Crippen LogP contribution is -2.45. The second-order valence-electron chi connectivity index (χ2n) is 4.67. The molecule has 4 heteroatoms. The van der Waals surface area contributed by atoms with Crippen LogP contribution in [0.25, 0.3) is 0 Å². The third kappa shape index (κ3) is 3.12. The van der Waals surface area contributed by atoms with Gasteiger partial charge >= 0.3 is 6.03 Å². The topological polar surface area (TPSA) is 58.4 Å². The number of urea groups is 1. The molecule has 17 heavy (non-hydrogen) atoms. The maximum absolute atomic E-state index is 11.8. The third-order valence-corrected chi connectivity index (χ3v) is 3.18. The minimum atomic E-state index is 0.00604. The van der Waals surface area contributed by atoms with Crippen molar-refractivity contribution in [1.29, 1.82) is 0 Å². The van der Waals surface area contributed by atoms with Crippen LogP contribution in [0.3, 0.4) is 0 Å². The lowest BCUT2D eigenvalue weighted by molar-refractivity contribution is 0.195. The fourth-order valence-corrected chi connectivity index (χ4v) is 1.81. The molecule has 4 nitrogen and oxygen atoms in total. The Labute approximate surface area is 102 Å². The van der Waals surface area contributed by atoms with Gasteiger partial charge in [-0.3, -0.25) is 0 Å². The molecule has 0 aromatic heterocycles. The number of rotatable bonds is 3. The van der Waals surface area contributed by atoms with Gasteiger partial charge in [-0.1, -0.05) is 12.1 Å². The normalized spacial score (nSPS) is 15.1. The number of benzene rings is 1. The summed E-state index contributed by atoms with van der Waals surface area (Å²) in [7, 11) is 1.81. The average molecular weight is 233 g/mol. The lowest BCUT2D eigenvalue weighted by atomic mass is 9.93. The molecule has 3 N–H and O–H groups in total. The average Bonchev–Trinajstić information content (AvgIpc) is 2.26. The van der Waals surface area contributed by atoms with E-state index in [2.05, 4.69) is 5.32 Å². The van der Waals surface area contributed by atoms with Crippen molar-refractivity contribution in [2.45, 2.75) is 31.8 Å². The van der Waals surface area contributed by atoms with Crippen molar-refractivity contribution in [3.05, 3.63) is 29.8 Å². The summed E-state index contributed by atoms with van der Waals surface area (Å²) < 4.78 is 0. The number of nitrogens with two attached hydrogens (primary N) is 1. The zero-order chi connectivity index (χ0) is 12.3. The van der Waals surface area contributed by atoms with Gasteiger partial charge in [0.05, 0.1) is 0 Å². The molecule has 1 aliphatic carbocycles. The van der Waals surface area contributed by atoms with Crippen molar-refractivity contribution in [3.63, 3.8) is 0 Å². The van der Waals surface area contributed by atoms with Crippen LogP contribution in [0.5, 0.6) is 0 Å². The van der Waals surface area contributed by atoms with Gasteiger partial charge < -0.3 is 16.0 Å². The van der Waals surface area contributed by atoms with Gasteiger partial charge in [0.15, 0.2) is 0 Å². The lowest BCUT2D eigenvalue weighted by Gasteiger charge is -2.29. The minimum Gasteiger partial charge on any atom is -0.399 e. The standard InChI is InChI=1S/C13H19N3O/c1-16(13(17)15-12-3-2-4-12)9-10-5-7-11(14)8-6-10/h5-8,12H,2-4,9,14H2,1H3,(H,15,17). The summed E-state index contributed by atoms with van der Waals surface area (Å²) in [5.41, 5.74) is 7.45. The molecular formula is C13H19N3O. The van der Waals surface area contributed by atoms with Crippen molar-refractivity contribution in [3.8, 4) is 0 Å². The molecule has 0 aliphatic heterocycles. The first kappa shape index (κ1) is 11.8. The predicted octanol–water partition coefficient (Wildman–Crippen LogP) is 1.96. The van der Waals surface area contributed by atoms with E-state index in [1.807, 2.05) is 31.3 Å². The summed E-state index contributed by atoms with van der Waals surface area (Å²) in [6.45, 7) is 0.610. The van der Waals surface area contributed by atoms with E-state index in [1.54, 1.807) is 4.90 Å². The van der Waals surface area contributed by atoms with Crippen molar-refractivity contribution < 1.29 is 4.79 Å². The van der Waals surface area contributed by atoms with Gasteiger partial charge in [-0.05, 0) is 37.0 Å². The maximum Gasteiger partial charge on any atom is 0.317 e. The van der Waals surface area contributed by atoms with E-state index in [0.29, 0.717) is 12.6 Å². The van der Waals surface area contributed by atoms with Crippen LogP contribution in [0.15, 0.2) is 24.3 Å². The van der Waals surface area contributed by atoms with Gasteiger partial charge in [0.1, 0.15) is 0 Å². The first-order valence-electron chi connectivity index (χ1n) is 6.01. The maximum atomic E-state index is 11.8. The number of hydrogen-bond donors (Lipinski definition) is 2. The third-order valence-electron chi connectivity index (χ3n) is 3.18. The zero-order valence-electron chi connectivity index (χ0n) is 10.1. The Bertz CT molecular complexity index is 384. The highest BCUT2D eigenvalue weighted by Crippen LogP contribution is 2.18. The van der Waals surface area contributed by atoms with Crippen molar-refractivity contribution >= 4 is 11.7 Å². The van der Waals surface area contributed by atoms with E-state index in [1.165, 1.54) is 6.42 Å². The monoisotopic (exact) mass is 233 g/mol. The predicted molar refractivity (Wildman–Crippen MR) is 68.5 cm³/mol. The van der Waals surface area contributed by atoms with Crippen LogP contribution in [0.1, 0.15) is 24.8 Å². The number of anilines is 1. The molecule has 92 valence electrons. The molecule has 0 spiro atoms. The molecule has 2 amide bonds. The fourth-order valence-electron chi connectivity index (χ4n) is 1.81. The van der Waals surface area contributed by atoms with Gasteiger partial charge in [0.2, 0.25) is 0 Å². The highest BCUT2D eigenvalue weighted by Gasteiger charge is 2.20. The zero-order valence-corrected chi connectivity index (χ0v) is 10.1. The fraction of sp³-hybridized carbons (Fsp3) is 0.462. The smallest absolute Gasteiger partial charge is 0.317 e. The molecule has 1 aromatic rings. The molecular weight excluding hydrogens is 214 g/mol. The molecule has 0 atom stereocenters. The largest absolute Gasteiger partial charge is 0.399 e. The van der Waals surface area contributed by atoms with Crippen LogP contribution in [-0.2, 0) is 6.54 Å². The van der Waals surface area contributed by atoms with Gasteiger partial charge in [-0.25, -0.2) is 4.79 Å².